The quantitative estimate of drug-likeness (QED) is 0.858. The average molecular weight is 338 g/mol. The molecular weight excluding hydrogens is 312 g/mol. The highest BCUT2D eigenvalue weighted by atomic mass is 32.2. The van der Waals surface area contributed by atoms with Crippen molar-refractivity contribution >= 4 is 10.0 Å². The smallest absolute Gasteiger partial charge is 0.216 e. The molecule has 0 spiro atoms. The highest BCUT2D eigenvalue weighted by molar-refractivity contribution is 7.90. The summed E-state index contributed by atoms with van der Waals surface area (Å²) in [6, 6.07) is 10.6. The van der Waals surface area contributed by atoms with Crippen molar-refractivity contribution in [3.63, 3.8) is 0 Å². The van der Waals surface area contributed by atoms with Crippen LogP contribution in [0.25, 0.3) is 0 Å². The van der Waals surface area contributed by atoms with E-state index in [2.05, 4.69) is 21.8 Å². The molecule has 1 N–H and O–H groups in total. The van der Waals surface area contributed by atoms with Crippen molar-refractivity contribution in [1.82, 2.24) is 9.62 Å². The molecule has 6 heteroatoms. The number of likely N-dealkylation sites (tertiary alicyclic amines) is 1. The molecule has 2 aliphatic heterocycles. The first-order valence-electron chi connectivity index (χ1n) is 8.49. The molecule has 0 saturated carbocycles. The fourth-order valence-corrected chi connectivity index (χ4v) is 4.85. The summed E-state index contributed by atoms with van der Waals surface area (Å²) in [6.45, 7) is 3.44. The summed E-state index contributed by atoms with van der Waals surface area (Å²) in [5.74, 6) is 0. The van der Waals surface area contributed by atoms with Crippen LogP contribution >= 0.6 is 0 Å². The van der Waals surface area contributed by atoms with Crippen molar-refractivity contribution in [1.29, 1.82) is 0 Å². The van der Waals surface area contributed by atoms with E-state index in [9.17, 15) is 8.42 Å². The Bertz CT molecular complexity index is 585. The van der Waals surface area contributed by atoms with Gasteiger partial charge in [0.1, 0.15) is 0 Å². The monoisotopic (exact) mass is 338 g/mol. The lowest BCUT2D eigenvalue weighted by Crippen LogP contribution is -2.45. The zero-order chi connectivity index (χ0) is 16.1. The molecule has 23 heavy (non-hydrogen) atoms. The molecule has 2 saturated heterocycles. The van der Waals surface area contributed by atoms with Crippen molar-refractivity contribution < 1.29 is 13.2 Å². The summed E-state index contributed by atoms with van der Waals surface area (Å²) in [5, 5.41) is -0.389. The molecule has 3 rings (SSSR count). The Kier molecular flexibility index (Phi) is 5.69. The molecule has 0 bridgehead atoms. The summed E-state index contributed by atoms with van der Waals surface area (Å²) in [7, 11) is -3.27. The maximum Gasteiger partial charge on any atom is 0.216 e. The first-order chi connectivity index (χ1) is 11.1. The van der Waals surface area contributed by atoms with Crippen LogP contribution in [0.15, 0.2) is 30.3 Å². The number of sulfonamides is 1. The maximum absolute atomic E-state index is 12.4. The van der Waals surface area contributed by atoms with Crippen molar-refractivity contribution in [2.75, 3.05) is 26.3 Å². The van der Waals surface area contributed by atoms with Gasteiger partial charge in [0, 0.05) is 25.7 Å². The Morgan fingerprint density at radius 1 is 1.17 bits per heavy atom. The van der Waals surface area contributed by atoms with Gasteiger partial charge in [0.2, 0.25) is 10.0 Å². The predicted octanol–water partition coefficient (Wildman–Crippen LogP) is 1.75. The topological polar surface area (TPSA) is 58.6 Å². The van der Waals surface area contributed by atoms with E-state index in [1.807, 2.05) is 18.2 Å². The normalized spacial score (nSPS) is 26.4. The van der Waals surface area contributed by atoms with Gasteiger partial charge in [0.25, 0.3) is 0 Å². The Morgan fingerprint density at radius 3 is 2.74 bits per heavy atom. The second-order valence-electron chi connectivity index (χ2n) is 6.48. The zero-order valence-electron chi connectivity index (χ0n) is 13.5. The van der Waals surface area contributed by atoms with Gasteiger partial charge < -0.3 is 4.74 Å². The van der Waals surface area contributed by atoms with Gasteiger partial charge in [-0.25, -0.2) is 13.1 Å². The lowest BCUT2D eigenvalue weighted by atomic mass is 10.2. The van der Waals surface area contributed by atoms with Crippen LogP contribution in [0.2, 0.25) is 0 Å². The Hall–Kier alpha value is -0.950. The minimum atomic E-state index is -3.27. The SMILES string of the molecule is O=S(=O)(NC[C@H]1CCCN1Cc1ccccc1)[C@H]1CCCOC1. The molecule has 1 aromatic carbocycles. The summed E-state index contributed by atoms with van der Waals surface area (Å²) in [6.07, 6.45) is 3.71. The molecule has 2 heterocycles. The van der Waals surface area contributed by atoms with Crippen LogP contribution in [0, 0.1) is 0 Å². The molecule has 0 aliphatic carbocycles. The first kappa shape index (κ1) is 16.9. The third-order valence-corrected chi connectivity index (χ3v) is 6.62. The lowest BCUT2D eigenvalue weighted by molar-refractivity contribution is 0.0987. The molecule has 128 valence electrons. The fourth-order valence-electron chi connectivity index (χ4n) is 3.44. The predicted molar refractivity (Wildman–Crippen MR) is 90.6 cm³/mol. The number of hydrogen-bond acceptors (Lipinski definition) is 4. The number of rotatable bonds is 6. The van der Waals surface area contributed by atoms with E-state index in [1.54, 1.807) is 0 Å². The molecule has 2 atom stereocenters. The Balaban J connectivity index is 1.54. The van der Waals surface area contributed by atoms with E-state index in [0.717, 1.165) is 32.4 Å². The number of hydrogen-bond donors (Lipinski definition) is 1. The number of benzene rings is 1. The van der Waals surface area contributed by atoms with Crippen LogP contribution in [-0.4, -0.2) is 50.9 Å². The molecule has 5 nitrogen and oxygen atoms in total. The van der Waals surface area contributed by atoms with Gasteiger partial charge in [-0.2, -0.15) is 0 Å². The van der Waals surface area contributed by atoms with E-state index in [1.165, 1.54) is 5.56 Å². The average Bonchev–Trinajstić information content (AvgIpc) is 3.02. The number of nitrogens with one attached hydrogen (secondary N) is 1. The van der Waals surface area contributed by atoms with Crippen LogP contribution in [0.3, 0.4) is 0 Å². The van der Waals surface area contributed by atoms with Gasteiger partial charge in [0.05, 0.1) is 11.9 Å². The fraction of sp³-hybridized carbons (Fsp3) is 0.647. The summed E-state index contributed by atoms with van der Waals surface area (Å²) in [5.41, 5.74) is 1.28. The second kappa shape index (κ2) is 7.75. The van der Waals surface area contributed by atoms with Crippen LogP contribution in [-0.2, 0) is 21.3 Å². The number of nitrogens with zero attached hydrogens (tertiary/aromatic N) is 1. The van der Waals surface area contributed by atoms with Gasteiger partial charge in [-0.3, -0.25) is 4.90 Å². The molecule has 0 unspecified atom stereocenters. The van der Waals surface area contributed by atoms with Gasteiger partial charge in [-0.15, -0.1) is 0 Å². The van der Waals surface area contributed by atoms with E-state index in [-0.39, 0.29) is 11.3 Å². The molecule has 0 amide bonds. The van der Waals surface area contributed by atoms with Crippen molar-refractivity contribution in [3.8, 4) is 0 Å². The van der Waals surface area contributed by atoms with Gasteiger partial charge in [0.15, 0.2) is 0 Å². The minimum absolute atomic E-state index is 0.287. The third kappa shape index (κ3) is 4.53. The maximum atomic E-state index is 12.4. The minimum Gasteiger partial charge on any atom is -0.380 e. The summed E-state index contributed by atoms with van der Waals surface area (Å²) < 4.78 is 32.9. The molecule has 2 aliphatic rings. The standard InChI is InChI=1S/C17H26N2O3S/c20-23(21,17-9-5-11-22-14-17)18-12-16-8-4-10-19(16)13-15-6-2-1-3-7-15/h1-3,6-7,16-18H,4-5,8-14H2/t16-,17+/m1/s1. The molecular formula is C17H26N2O3S. The van der Waals surface area contributed by atoms with E-state index < -0.39 is 10.0 Å². The van der Waals surface area contributed by atoms with Crippen molar-refractivity contribution in [2.45, 2.75) is 43.5 Å². The molecule has 0 radical (unpaired) electrons. The molecule has 1 aromatic rings. The van der Waals surface area contributed by atoms with Gasteiger partial charge >= 0.3 is 0 Å². The van der Waals surface area contributed by atoms with Crippen LogP contribution in [0.5, 0.6) is 0 Å². The highest BCUT2D eigenvalue weighted by Gasteiger charge is 2.30. The molecule has 0 aromatic heterocycles. The Labute approximate surface area is 139 Å². The zero-order valence-corrected chi connectivity index (χ0v) is 14.3. The highest BCUT2D eigenvalue weighted by Crippen LogP contribution is 2.20. The first-order valence-corrected chi connectivity index (χ1v) is 10.0. The lowest BCUT2D eigenvalue weighted by Gasteiger charge is -2.27. The van der Waals surface area contributed by atoms with Crippen molar-refractivity contribution in [3.05, 3.63) is 35.9 Å². The van der Waals surface area contributed by atoms with E-state index >= 15 is 0 Å². The number of ether oxygens (including phenoxy) is 1. The van der Waals surface area contributed by atoms with Crippen LogP contribution in [0.1, 0.15) is 31.2 Å². The largest absolute Gasteiger partial charge is 0.380 e. The van der Waals surface area contributed by atoms with E-state index in [0.29, 0.717) is 26.2 Å². The van der Waals surface area contributed by atoms with E-state index in [4.69, 9.17) is 4.74 Å². The van der Waals surface area contributed by atoms with Gasteiger partial charge in [-0.05, 0) is 37.8 Å². The van der Waals surface area contributed by atoms with Crippen molar-refractivity contribution in [2.24, 2.45) is 0 Å². The van der Waals surface area contributed by atoms with Crippen LogP contribution < -0.4 is 4.72 Å². The molecule has 2 fully saturated rings. The third-order valence-electron chi connectivity index (χ3n) is 4.81. The second-order valence-corrected chi connectivity index (χ2v) is 8.53. The Morgan fingerprint density at radius 2 is 2.00 bits per heavy atom. The van der Waals surface area contributed by atoms with Crippen LogP contribution in [0.4, 0.5) is 0 Å². The van der Waals surface area contributed by atoms with Gasteiger partial charge in [-0.1, -0.05) is 30.3 Å². The summed E-state index contributed by atoms with van der Waals surface area (Å²) >= 11 is 0. The summed E-state index contributed by atoms with van der Waals surface area (Å²) in [4.78, 5) is 2.38.